The van der Waals surface area contributed by atoms with E-state index in [1.165, 1.54) is 11.0 Å². The zero-order chi connectivity index (χ0) is 16.6. The van der Waals surface area contributed by atoms with Crippen molar-refractivity contribution in [2.75, 3.05) is 7.05 Å². The van der Waals surface area contributed by atoms with E-state index in [2.05, 4.69) is 4.98 Å². The number of pyridine rings is 1. The molecule has 2 aromatic rings. The fourth-order valence-electron chi connectivity index (χ4n) is 2.79. The molecule has 0 saturated carbocycles. The van der Waals surface area contributed by atoms with Crippen LogP contribution in [0, 0.1) is 6.92 Å². The van der Waals surface area contributed by atoms with E-state index >= 15 is 0 Å². The van der Waals surface area contributed by atoms with E-state index in [0.717, 1.165) is 16.9 Å². The van der Waals surface area contributed by atoms with Crippen LogP contribution in [0.2, 0.25) is 0 Å². The zero-order valence-corrected chi connectivity index (χ0v) is 14.0. The van der Waals surface area contributed by atoms with Gasteiger partial charge in [-0.25, -0.2) is 0 Å². The molecule has 0 bridgehead atoms. The van der Waals surface area contributed by atoms with E-state index < -0.39 is 5.56 Å². The van der Waals surface area contributed by atoms with Gasteiger partial charge in [0.25, 0.3) is 11.5 Å². The molecule has 1 aliphatic rings. The Bertz CT molecular complexity index is 835. The van der Waals surface area contributed by atoms with Crippen LogP contribution in [-0.2, 0) is 13.0 Å². The highest BCUT2D eigenvalue weighted by Crippen LogP contribution is 2.20. The third kappa shape index (κ3) is 2.99. The van der Waals surface area contributed by atoms with E-state index in [1.807, 2.05) is 18.4 Å². The molecule has 6 heteroatoms. The van der Waals surface area contributed by atoms with Gasteiger partial charge in [0, 0.05) is 29.6 Å². The summed E-state index contributed by atoms with van der Waals surface area (Å²) in [6.07, 6.45) is 1.89. The summed E-state index contributed by atoms with van der Waals surface area (Å²) < 4.78 is 0. The maximum atomic E-state index is 12.6. The van der Waals surface area contributed by atoms with Crippen molar-refractivity contribution in [2.24, 2.45) is 0 Å². The molecule has 0 spiro atoms. The molecule has 0 atom stereocenters. The summed E-state index contributed by atoms with van der Waals surface area (Å²) in [5.41, 5.74) is 1.89. The lowest BCUT2D eigenvalue weighted by atomic mass is 9.93. The average Bonchev–Trinajstić information content (AvgIpc) is 2.91. The van der Waals surface area contributed by atoms with Crippen molar-refractivity contribution in [1.29, 1.82) is 0 Å². The number of thiophene rings is 1. The number of carbonyl (C=O) groups is 2. The second kappa shape index (κ2) is 6.12. The second-order valence-corrected chi connectivity index (χ2v) is 6.87. The lowest BCUT2D eigenvalue weighted by Gasteiger charge is -2.19. The molecule has 3 rings (SSSR count). The lowest BCUT2D eigenvalue weighted by molar-refractivity contribution is 0.0784. The van der Waals surface area contributed by atoms with Gasteiger partial charge in [0.15, 0.2) is 5.78 Å². The van der Waals surface area contributed by atoms with Gasteiger partial charge >= 0.3 is 0 Å². The molecule has 0 aromatic carbocycles. The minimum Gasteiger partial charge on any atom is -0.336 e. The number of ketones is 1. The Morgan fingerprint density at radius 2 is 2.13 bits per heavy atom. The first-order valence-corrected chi connectivity index (χ1v) is 8.43. The molecule has 1 N–H and O–H groups in total. The first kappa shape index (κ1) is 15.7. The van der Waals surface area contributed by atoms with Crippen molar-refractivity contribution in [1.82, 2.24) is 9.88 Å². The number of nitrogens with zero attached hydrogens (tertiary/aromatic N) is 1. The van der Waals surface area contributed by atoms with Crippen molar-refractivity contribution in [2.45, 2.75) is 32.7 Å². The smallest absolute Gasteiger partial charge is 0.261 e. The van der Waals surface area contributed by atoms with Crippen LogP contribution in [0.1, 0.15) is 49.7 Å². The number of aromatic nitrogens is 1. The highest BCUT2D eigenvalue weighted by molar-refractivity contribution is 7.10. The number of hydrogen-bond donors (Lipinski definition) is 1. The summed E-state index contributed by atoms with van der Waals surface area (Å²) in [6.45, 7) is 2.45. The van der Waals surface area contributed by atoms with E-state index in [4.69, 9.17) is 0 Å². The fraction of sp³-hybridized carbons (Fsp3) is 0.353. The summed E-state index contributed by atoms with van der Waals surface area (Å²) in [5, 5.41) is 1.98. The van der Waals surface area contributed by atoms with E-state index in [-0.39, 0.29) is 17.3 Å². The molecule has 2 aromatic heterocycles. The van der Waals surface area contributed by atoms with Crippen LogP contribution in [0.5, 0.6) is 0 Å². The third-order valence-electron chi connectivity index (χ3n) is 4.18. The summed E-state index contributed by atoms with van der Waals surface area (Å²) >= 11 is 1.58. The van der Waals surface area contributed by atoms with Crippen molar-refractivity contribution >= 4 is 23.0 Å². The summed E-state index contributed by atoms with van der Waals surface area (Å²) in [5.74, 6) is -0.367. The van der Waals surface area contributed by atoms with Gasteiger partial charge in [-0.15, -0.1) is 11.3 Å². The molecule has 0 aliphatic heterocycles. The number of carbonyl (C=O) groups excluding carboxylic acids is 2. The van der Waals surface area contributed by atoms with Crippen molar-refractivity contribution < 1.29 is 9.59 Å². The molecule has 0 fully saturated rings. The number of rotatable bonds is 3. The van der Waals surface area contributed by atoms with Gasteiger partial charge in [0.2, 0.25) is 0 Å². The van der Waals surface area contributed by atoms with Crippen molar-refractivity contribution in [3.63, 3.8) is 0 Å². The summed E-state index contributed by atoms with van der Waals surface area (Å²) in [4.78, 5) is 42.1. The molecule has 1 aliphatic carbocycles. The molecule has 120 valence electrons. The fourth-order valence-corrected chi connectivity index (χ4v) is 3.75. The van der Waals surface area contributed by atoms with Crippen molar-refractivity contribution in [3.8, 4) is 0 Å². The normalized spacial score (nSPS) is 13.7. The first-order valence-electron chi connectivity index (χ1n) is 7.55. The number of amides is 1. The van der Waals surface area contributed by atoms with Crippen LogP contribution in [-0.4, -0.2) is 28.6 Å². The number of H-pyrrole nitrogens is 1. The summed E-state index contributed by atoms with van der Waals surface area (Å²) in [7, 11) is 1.67. The summed E-state index contributed by atoms with van der Waals surface area (Å²) in [6, 6.07) is 3.47. The SMILES string of the molecule is Cc1ccsc1CN(C)C(=O)c1cc2c([nH]c1=O)CCCC2=O. The zero-order valence-electron chi connectivity index (χ0n) is 13.1. The third-order valence-corrected chi connectivity index (χ3v) is 5.19. The van der Waals surface area contributed by atoms with E-state index in [1.54, 1.807) is 18.4 Å². The number of hydrogen-bond acceptors (Lipinski definition) is 4. The largest absolute Gasteiger partial charge is 0.336 e. The molecule has 1 amide bonds. The van der Waals surface area contributed by atoms with Gasteiger partial charge in [-0.3, -0.25) is 14.4 Å². The molecule has 0 saturated heterocycles. The molecular weight excluding hydrogens is 312 g/mol. The Hall–Kier alpha value is -2.21. The number of fused-ring (bicyclic) bond motifs is 1. The lowest BCUT2D eigenvalue weighted by Crippen LogP contribution is -2.33. The van der Waals surface area contributed by atoms with Crippen LogP contribution in [0.4, 0.5) is 0 Å². The van der Waals surface area contributed by atoms with Crippen LogP contribution in [0.15, 0.2) is 22.3 Å². The van der Waals surface area contributed by atoms with E-state index in [9.17, 15) is 14.4 Å². The maximum absolute atomic E-state index is 12.6. The number of aryl methyl sites for hydroxylation is 2. The molecule has 2 heterocycles. The Morgan fingerprint density at radius 1 is 1.35 bits per heavy atom. The standard InChI is InChI=1S/C17H18N2O3S/c1-10-6-7-23-15(10)9-19(2)17(22)12-8-11-13(18-16(12)21)4-3-5-14(11)20/h6-8H,3-5,9H2,1-2H3,(H,18,21). The van der Waals surface area contributed by atoms with Gasteiger partial charge in [-0.1, -0.05) is 0 Å². The number of Topliss-reactive ketones (excluding diaryl/α,β-unsaturated/α-hetero) is 1. The average molecular weight is 330 g/mol. The van der Waals surface area contributed by atoms with Gasteiger partial charge in [-0.2, -0.15) is 0 Å². The topological polar surface area (TPSA) is 70.2 Å². The molecule has 0 radical (unpaired) electrons. The molecule has 0 unspecified atom stereocenters. The maximum Gasteiger partial charge on any atom is 0.261 e. The first-order chi connectivity index (χ1) is 11.0. The second-order valence-electron chi connectivity index (χ2n) is 5.87. The minimum absolute atomic E-state index is 0.00620. The monoisotopic (exact) mass is 330 g/mol. The Balaban J connectivity index is 1.90. The Kier molecular flexibility index (Phi) is 4.17. The highest BCUT2D eigenvalue weighted by Gasteiger charge is 2.23. The van der Waals surface area contributed by atoms with Gasteiger partial charge in [-0.05, 0) is 42.8 Å². The van der Waals surface area contributed by atoms with Gasteiger partial charge < -0.3 is 9.88 Å². The van der Waals surface area contributed by atoms with Crippen LogP contribution >= 0.6 is 11.3 Å². The van der Waals surface area contributed by atoms with Crippen molar-refractivity contribution in [3.05, 3.63) is 55.1 Å². The van der Waals surface area contributed by atoms with Gasteiger partial charge in [0.05, 0.1) is 6.54 Å². The molecule has 23 heavy (non-hydrogen) atoms. The van der Waals surface area contributed by atoms with Crippen LogP contribution < -0.4 is 5.56 Å². The predicted octanol–water partition coefficient (Wildman–Crippen LogP) is 2.54. The minimum atomic E-state index is -0.418. The highest BCUT2D eigenvalue weighted by atomic mass is 32.1. The Labute approximate surface area is 138 Å². The van der Waals surface area contributed by atoms with Crippen LogP contribution in [0.25, 0.3) is 0 Å². The van der Waals surface area contributed by atoms with E-state index in [0.29, 0.717) is 30.6 Å². The quantitative estimate of drug-likeness (QED) is 0.940. The number of aromatic amines is 1. The molecular formula is C17H18N2O3S. The van der Waals surface area contributed by atoms with Gasteiger partial charge in [0.1, 0.15) is 5.56 Å². The number of nitrogens with one attached hydrogen (secondary N) is 1. The Morgan fingerprint density at radius 3 is 2.83 bits per heavy atom. The van der Waals surface area contributed by atoms with Crippen LogP contribution in [0.3, 0.4) is 0 Å². The molecule has 5 nitrogen and oxygen atoms in total. The predicted molar refractivity (Wildman–Crippen MR) is 89.2 cm³/mol.